The van der Waals surface area contributed by atoms with Gasteiger partial charge in [-0.3, -0.25) is 4.79 Å². The molecular weight excluding hydrogens is 366 g/mol. The van der Waals surface area contributed by atoms with Gasteiger partial charge < -0.3 is 9.72 Å². The van der Waals surface area contributed by atoms with Gasteiger partial charge in [0.15, 0.2) is 0 Å². The fourth-order valence-corrected chi connectivity index (χ4v) is 3.71. The Balaban J connectivity index is 1.58. The lowest BCUT2D eigenvalue weighted by Crippen LogP contribution is -2.28. The van der Waals surface area contributed by atoms with Crippen molar-refractivity contribution in [2.45, 2.75) is 26.2 Å². The number of carbonyl (C=O) groups excluding carboxylic acids is 1. The third kappa shape index (κ3) is 2.73. The molecule has 0 bridgehead atoms. The third-order valence-electron chi connectivity index (χ3n) is 4.64. The highest BCUT2D eigenvalue weighted by molar-refractivity contribution is 9.10. The van der Waals surface area contributed by atoms with Crippen molar-refractivity contribution in [1.29, 1.82) is 0 Å². The van der Waals surface area contributed by atoms with Crippen molar-refractivity contribution >= 4 is 33.2 Å². The Labute approximate surface area is 149 Å². The van der Waals surface area contributed by atoms with Gasteiger partial charge >= 0.3 is 0 Å². The number of aryl methyl sites for hydroxylation is 2. The van der Waals surface area contributed by atoms with Crippen molar-refractivity contribution in [3.63, 3.8) is 0 Å². The first-order chi connectivity index (χ1) is 11.6. The SMILES string of the molecule is Cc1ccn2c3c(nc2c1)CCC(C(=O)Nc1ccccc1Br)C3. The molecule has 122 valence electrons. The van der Waals surface area contributed by atoms with Crippen LogP contribution in [0.2, 0.25) is 0 Å². The van der Waals surface area contributed by atoms with Crippen molar-refractivity contribution in [1.82, 2.24) is 9.38 Å². The minimum atomic E-state index is -0.0224. The molecule has 2 aromatic heterocycles. The summed E-state index contributed by atoms with van der Waals surface area (Å²) in [5, 5.41) is 3.04. The molecule has 1 aliphatic carbocycles. The molecule has 3 aromatic rings. The lowest BCUT2D eigenvalue weighted by atomic mass is 9.89. The second-order valence-corrected chi connectivity index (χ2v) is 7.20. The molecule has 5 heteroatoms. The van der Waals surface area contributed by atoms with E-state index in [1.54, 1.807) is 0 Å². The molecule has 1 N–H and O–H groups in total. The van der Waals surface area contributed by atoms with E-state index in [0.717, 1.165) is 40.8 Å². The summed E-state index contributed by atoms with van der Waals surface area (Å²) in [5.41, 5.74) is 5.30. The average Bonchev–Trinajstić information content (AvgIpc) is 2.93. The number of hydrogen-bond donors (Lipinski definition) is 1. The maximum atomic E-state index is 12.7. The van der Waals surface area contributed by atoms with Crippen LogP contribution in [0.15, 0.2) is 47.1 Å². The zero-order valence-corrected chi connectivity index (χ0v) is 15.0. The summed E-state index contributed by atoms with van der Waals surface area (Å²) in [6, 6.07) is 11.9. The highest BCUT2D eigenvalue weighted by Gasteiger charge is 2.28. The Morgan fingerprint density at radius 1 is 1.33 bits per heavy atom. The molecule has 1 aromatic carbocycles. The number of halogens is 1. The molecule has 24 heavy (non-hydrogen) atoms. The van der Waals surface area contributed by atoms with Gasteiger partial charge in [-0.05, 0) is 65.5 Å². The van der Waals surface area contributed by atoms with E-state index in [2.05, 4.69) is 50.9 Å². The fourth-order valence-electron chi connectivity index (χ4n) is 3.33. The summed E-state index contributed by atoms with van der Waals surface area (Å²) in [4.78, 5) is 17.4. The van der Waals surface area contributed by atoms with Crippen LogP contribution in [0.3, 0.4) is 0 Å². The minimum Gasteiger partial charge on any atom is -0.325 e. The topological polar surface area (TPSA) is 46.4 Å². The van der Waals surface area contributed by atoms with E-state index >= 15 is 0 Å². The quantitative estimate of drug-likeness (QED) is 0.722. The van der Waals surface area contributed by atoms with E-state index in [4.69, 9.17) is 4.98 Å². The van der Waals surface area contributed by atoms with Gasteiger partial charge in [-0.1, -0.05) is 12.1 Å². The minimum absolute atomic E-state index is 0.0224. The first-order valence-electron chi connectivity index (χ1n) is 8.13. The van der Waals surface area contributed by atoms with Crippen molar-refractivity contribution in [2.75, 3.05) is 5.32 Å². The first-order valence-corrected chi connectivity index (χ1v) is 8.93. The number of nitrogens with zero attached hydrogens (tertiary/aromatic N) is 2. The van der Waals surface area contributed by atoms with Gasteiger partial charge in [-0.25, -0.2) is 4.98 Å². The van der Waals surface area contributed by atoms with Crippen LogP contribution in [-0.2, 0) is 17.6 Å². The molecule has 0 saturated heterocycles. The Hall–Kier alpha value is -2.14. The molecule has 1 atom stereocenters. The standard InChI is InChI=1S/C19H18BrN3O/c1-12-8-9-23-17-11-13(6-7-16(17)21-18(23)10-12)19(24)22-15-5-3-2-4-14(15)20/h2-5,8-10,13H,6-7,11H2,1H3,(H,22,24). The number of amides is 1. The van der Waals surface area contributed by atoms with Gasteiger partial charge in [0, 0.05) is 28.7 Å². The molecule has 1 amide bonds. The van der Waals surface area contributed by atoms with Crippen molar-refractivity contribution in [2.24, 2.45) is 5.92 Å². The number of carbonyl (C=O) groups is 1. The molecule has 4 nitrogen and oxygen atoms in total. The molecule has 2 heterocycles. The monoisotopic (exact) mass is 383 g/mol. The van der Waals surface area contributed by atoms with E-state index in [0.29, 0.717) is 0 Å². The average molecular weight is 384 g/mol. The summed E-state index contributed by atoms with van der Waals surface area (Å²) in [6.45, 7) is 2.07. The van der Waals surface area contributed by atoms with E-state index < -0.39 is 0 Å². The van der Waals surface area contributed by atoms with Crippen LogP contribution in [0.4, 0.5) is 5.69 Å². The number of rotatable bonds is 2. The number of para-hydroxylation sites is 1. The summed E-state index contributed by atoms with van der Waals surface area (Å²) in [5.74, 6) is 0.0559. The number of anilines is 1. The highest BCUT2D eigenvalue weighted by Crippen LogP contribution is 2.29. The Morgan fingerprint density at radius 3 is 3.00 bits per heavy atom. The van der Waals surface area contributed by atoms with Crippen molar-refractivity contribution in [3.8, 4) is 0 Å². The Bertz CT molecular complexity index is 932. The smallest absolute Gasteiger partial charge is 0.227 e. The summed E-state index contributed by atoms with van der Waals surface area (Å²) >= 11 is 3.48. The van der Waals surface area contributed by atoms with E-state index in [1.807, 2.05) is 24.3 Å². The lowest BCUT2D eigenvalue weighted by Gasteiger charge is -2.21. The molecule has 4 rings (SSSR count). The van der Waals surface area contributed by atoms with E-state index in [1.165, 1.54) is 11.3 Å². The first kappa shape index (κ1) is 15.4. The third-order valence-corrected chi connectivity index (χ3v) is 5.33. The van der Waals surface area contributed by atoms with Gasteiger partial charge in [0.25, 0.3) is 0 Å². The summed E-state index contributed by atoms with van der Waals surface area (Å²) in [6.07, 6.45) is 4.48. The van der Waals surface area contributed by atoms with Crippen molar-refractivity contribution in [3.05, 3.63) is 64.0 Å². The Kier molecular flexibility index (Phi) is 3.88. The van der Waals surface area contributed by atoms with Gasteiger partial charge in [0.1, 0.15) is 5.65 Å². The molecule has 0 aliphatic heterocycles. The maximum absolute atomic E-state index is 12.7. The number of imidazole rings is 1. The predicted molar refractivity (Wildman–Crippen MR) is 98.2 cm³/mol. The van der Waals surface area contributed by atoms with Crippen LogP contribution in [-0.4, -0.2) is 15.3 Å². The number of hydrogen-bond acceptors (Lipinski definition) is 2. The normalized spacial score (nSPS) is 16.8. The van der Waals surface area contributed by atoms with Crippen molar-refractivity contribution < 1.29 is 4.79 Å². The van der Waals surface area contributed by atoms with Gasteiger partial charge in [0.2, 0.25) is 5.91 Å². The molecule has 0 saturated carbocycles. The zero-order chi connectivity index (χ0) is 16.7. The summed E-state index contributed by atoms with van der Waals surface area (Å²) < 4.78 is 3.03. The van der Waals surface area contributed by atoms with E-state index in [-0.39, 0.29) is 11.8 Å². The van der Waals surface area contributed by atoms with Gasteiger partial charge in [0.05, 0.1) is 11.4 Å². The van der Waals surface area contributed by atoms with Crippen LogP contribution in [0.5, 0.6) is 0 Å². The fraction of sp³-hybridized carbons (Fsp3) is 0.263. The molecular formula is C19H18BrN3O. The Morgan fingerprint density at radius 2 is 2.17 bits per heavy atom. The van der Waals surface area contributed by atoms with Gasteiger partial charge in [-0.15, -0.1) is 0 Å². The number of pyridine rings is 1. The molecule has 1 aliphatic rings. The molecule has 1 unspecified atom stereocenters. The van der Waals surface area contributed by atoms with Crippen LogP contribution >= 0.6 is 15.9 Å². The summed E-state index contributed by atoms with van der Waals surface area (Å²) in [7, 11) is 0. The molecule has 0 spiro atoms. The number of benzene rings is 1. The second kappa shape index (κ2) is 6.06. The maximum Gasteiger partial charge on any atom is 0.227 e. The number of fused-ring (bicyclic) bond motifs is 3. The van der Waals surface area contributed by atoms with Crippen LogP contribution in [0.1, 0.15) is 23.4 Å². The predicted octanol–water partition coefficient (Wildman–Crippen LogP) is 4.15. The zero-order valence-electron chi connectivity index (χ0n) is 13.4. The van der Waals surface area contributed by atoms with E-state index in [9.17, 15) is 4.79 Å². The number of aromatic nitrogens is 2. The second-order valence-electron chi connectivity index (χ2n) is 6.35. The van der Waals surface area contributed by atoms with Crippen LogP contribution in [0.25, 0.3) is 5.65 Å². The molecule has 0 fully saturated rings. The lowest BCUT2D eigenvalue weighted by molar-refractivity contribution is -0.120. The number of nitrogens with one attached hydrogen (secondary N) is 1. The largest absolute Gasteiger partial charge is 0.325 e. The molecule has 0 radical (unpaired) electrons. The highest BCUT2D eigenvalue weighted by atomic mass is 79.9. The van der Waals surface area contributed by atoms with Gasteiger partial charge in [-0.2, -0.15) is 0 Å². The van der Waals surface area contributed by atoms with Crippen LogP contribution in [0, 0.1) is 12.8 Å². The van der Waals surface area contributed by atoms with Crippen LogP contribution < -0.4 is 5.32 Å².